The van der Waals surface area contributed by atoms with Crippen molar-refractivity contribution in [2.45, 2.75) is 32.1 Å². The van der Waals surface area contributed by atoms with Gasteiger partial charge in [-0.1, -0.05) is 19.1 Å². The molecule has 1 amide bonds. The van der Waals surface area contributed by atoms with Crippen LogP contribution in [0.25, 0.3) is 0 Å². The van der Waals surface area contributed by atoms with Gasteiger partial charge in [0, 0.05) is 6.07 Å². The van der Waals surface area contributed by atoms with Crippen LogP contribution >= 0.6 is 0 Å². The van der Waals surface area contributed by atoms with E-state index in [1.165, 1.54) is 0 Å². The number of aryl methyl sites for hydroxylation is 1. The Morgan fingerprint density at radius 1 is 1.15 bits per heavy atom. The fourth-order valence-electron chi connectivity index (χ4n) is 2.54. The van der Waals surface area contributed by atoms with Gasteiger partial charge in [0.05, 0.1) is 21.7 Å². The Morgan fingerprint density at radius 3 is 2.50 bits per heavy atom. The highest BCUT2D eigenvalue weighted by Crippen LogP contribution is 2.34. The monoisotopic (exact) mass is 374 g/mol. The number of anilines is 2. The number of rotatable bonds is 4. The number of hydrogen-bond donors (Lipinski definition) is 2. The number of fused-ring (bicyclic) bond motifs is 1. The SMILES string of the molecule is CCc1ccc(S(=O)(=O)Nc2ccc3c(c2)OCC(C)(C)C(=O)N3)cc1. The summed E-state index contributed by atoms with van der Waals surface area (Å²) in [4.78, 5) is 12.3. The second-order valence-corrected chi connectivity index (χ2v) is 8.62. The van der Waals surface area contributed by atoms with Crippen molar-refractivity contribution in [2.75, 3.05) is 16.6 Å². The van der Waals surface area contributed by atoms with Gasteiger partial charge in [-0.3, -0.25) is 9.52 Å². The van der Waals surface area contributed by atoms with E-state index in [0.29, 0.717) is 17.1 Å². The van der Waals surface area contributed by atoms with Crippen LogP contribution in [0.4, 0.5) is 11.4 Å². The summed E-state index contributed by atoms with van der Waals surface area (Å²) in [5, 5.41) is 2.81. The second kappa shape index (κ2) is 6.64. The van der Waals surface area contributed by atoms with Gasteiger partial charge in [0.1, 0.15) is 12.4 Å². The third-order valence-corrected chi connectivity index (χ3v) is 5.72. The number of ether oxygens (including phenoxy) is 1. The molecular formula is C19H22N2O4S. The lowest BCUT2D eigenvalue weighted by atomic mass is 9.94. The third kappa shape index (κ3) is 3.67. The fourth-order valence-corrected chi connectivity index (χ4v) is 3.59. The fraction of sp³-hybridized carbons (Fsp3) is 0.316. The van der Waals surface area contributed by atoms with Crippen molar-refractivity contribution in [3.05, 3.63) is 48.0 Å². The van der Waals surface area contributed by atoms with E-state index in [1.54, 1.807) is 56.3 Å². The molecule has 1 aliphatic rings. The molecule has 2 N–H and O–H groups in total. The molecule has 2 aromatic rings. The molecule has 7 heteroatoms. The summed E-state index contributed by atoms with van der Waals surface area (Å²) in [7, 11) is -3.70. The number of sulfonamides is 1. The van der Waals surface area contributed by atoms with E-state index in [9.17, 15) is 13.2 Å². The predicted molar refractivity (Wildman–Crippen MR) is 101 cm³/mol. The Morgan fingerprint density at radius 2 is 1.85 bits per heavy atom. The lowest BCUT2D eigenvalue weighted by Gasteiger charge is -2.18. The van der Waals surface area contributed by atoms with Crippen molar-refractivity contribution in [1.29, 1.82) is 0 Å². The second-order valence-electron chi connectivity index (χ2n) is 6.94. The topological polar surface area (TPSA) is 84.5 Å². The molecule has 3 rings (SSSR count). The van der Waals surface area contributed by atoms with Crippen LogP contribution in [0, 0.1) is 5.41 Å². The van der Waals surface area contributed by atoms with E-state index in [0.717, 1.165) is 12.0 Å². The first-order valence-electron chi connectivity index (χ1n) is 8.41. The minimum Gasteiger partial charge on any atom is -0.490 e. The normalized spacial score (nSPS) is 16.0. The van der Waals surface area contributed by atoms with Crippen LogP contribution in [0.15, 0.2) is 47.4 Å². The van der Waals surface area contributed by atoms with Crippen molar-refractivity contribution < 1.29 is 17.9 Å². The third-order valence-electron chi connectivity index (χ3n) is 4.33. The highest BCUT2D eigenvalue weighted by molar-refractivity contribution is 7.92. The molecule has 26 heavy (non-hydrogen) atoms. The van der Waals surface area contributed by atoms with Crippen LogP contribution < -0.4 is 14.8 Å². The molecular weight excluding hydrogens is 352 g/mol. The summed E-state index contributed by atoms with van der Waals surface area (Å²) in [6.07, 6.45) is 0.845. The highest BCUT2D eigenvalue weighted by Gasteiger charge is 2.32. The molecule has 0 aliphatic carbocycles. The van der Waals surface area contributed by atoms with Gasteiger partial charge in [0.25, 0.3) is 10.0 Å². The molecule has 1 aliphatic heterocycles. The smallest absolute Gasteiger partial charge is 0.261 e. The zero-order valence-electron chi connectivity index (χ0n) is 15.0. The summed E-state index contributed by atoms with van der Waals surface area (Å²) >= 11 is 0. The summed E-state index contributed by atoms with van der Waals surface area (Å²) in [5.74, 6) is 0.297. The van der Waals surface area contributed by atoms with Gasteiger partial charge in [-0.25, -0.2) is 8.42 Å². The summed E-state index contributed by atoms with van der Waals surface area (Å²) in [6.45, 7) is 5.80. The highest BCUT2D eigenvalue weighted by atomic mass is 32.2. The Hall–Kier alpha value is -2.54. The first-order chi connectivity index (χ1) is 12.2. The van der Waals surface area contributed by atoms with E-state index < -0.39 is 15.4 Å². The molecule has 0 aromatic heterocycles. The lowest BCUT2D eigenvalue weighted by Crippen LogP contribution is -2.33. The van der Waals surface area contributed by atoms with Crippen LogP contribution in [-0.2, 0) is 21.2 Å². The standard InChI is InChI=1S/C19H22N2O4S/c1-4-13-5-8-15(9-6-13)26(23,24)21-14-7-10-16-17(11-14)25-12-19(2,3)18(22)20-16/h5-11,21H,4,12H2,1-3H3,(H,20,22). The minimum atomic E-state index is -3.70. The largest absolute Gasteiger partial charge is 0.490 e. The van der Waals surface area contributed by atoms with Gasteiger partial charge in [0.2, 0.25) is 5.91 Å². The average molecular weight is 374 g/mol. The Labute approximate surface area is 153 Å². The lowest BCUT2D eigenvalue weighted by molar-refractivity contribution is -0.124. The molecule has 0 atom stereocenters. The number of carbonyl (C=O) groups excluding carboxylic acids is 1. The molecule has 0 unspecified atom stereocenters. The van der Waals surface area contributed by atoms with Crippen molar-refractivity contribution >= 4 is 27.3 Å². The summed E-state index contributed by atoms with van der Waals surface area (Å²) in [6, 6.07) is 11.6. The van der Waals surface area contributed by atoms with Gasteiger partial charge in [-0.15, -0.1) is 0 Å². The van der Waals surface area contributed by atoms with E-state index in [4.69, 9.17) is 4.74 Å². The van der Waals surface area contributed by atoms with Gasteiger partial charge in [-0.05, 0) is 50.1 Å². The Kier molecular flexibility index (Phi) is 4.66. The predicted octanol–water partition coefficient (Wildman–Crippen LogP) is 3.41. The molecule has 0 spiro atoms. The van der Waals surface area contributed by atoms with Crippen LogP contribution in [0.3, 0.4) is 0 Å². The molecule has 6 nitrogen and oxygen atoms in total. The molecule has 0 fully saturated rings. The van der Waals surface area contributed by atoms with E-state index in [-0.39, 0.29) is 17.4 Å². The molecule has 0 saturated carbocycles. The molecule has 0 radical (unpaired) electrons. The zero-order valence-corrected chi connectivity index (χ0v) is 15.8. The number of amides is 1. The first-order valence-corrected chi connectivity index (χ1v) is 9.90. The maximum absolute atomic E-state index is 12.6. The van der Waals surface area contributed by atoms with Gasteiger partial charge >= 0.3 is 0 Å². The van der Waals surface area contributed by atoms with E-state index in [1.807, 2.05) is 6.92 Å². The van der Waals surface area contributed by atoms with Crippen molar-refractivity contribution in [3.8, 4) is 5.75 Å². The maximum atomic E-state index is 12.6. The molecule has 0 saturated heterocycles. The number of hydrogen-bond acceptors (Lipinski definition) is 4. The van der Waals surface area contributed by atoms with E-state index >= 15 is 0 Å². The van der Waals surface area contributed by atoms with Crippen LogP contribution in [0.2, 0.25) is 0 Å². The minimum absolute atomic E-state index is 0.138. The van der Waals surface area contributed by atoms with Gasteiger partial charge in [0.15, 0.2) is 0 Å². The summed E-state index contributed by atoms with van der Waals surface area (Å²) < 4.78 is 33.4. The average Bonchev–Trinajstić information content (AvgIpc) is 2.71. The van der Waals surface area contributed by atoms with Crippen molar-refractivity contribution in [3.63, 3.8) is 0 Å². The molecule has 0 bridgehead atoms. The Balaban J connectivity index is 1.85. The summed E-state index contributed by atoms with van der Waals surface area (Å²) in [5.41, 5.74) is 1.30. The van der Waals surface area contributed by atoms with Crippen molar-refractivity contribution in [2.24, 2.45) is 5.41 Å². The maximum Gasteiger partial charge on any atom is 0.261 e. The number of nitrogens with one attached hydrogen (secondary N) is 2. The molecule has 138 valence electrons. The first kappa shape index (κ1) is 18.3. The Bertz CT molecular complexity index is 935. The van der Waals surface area contributed by atoms with Crippen LogP contribution in [0.1, 0.15) is 26.3 Å². The van der Waals surface area contributed by atoms with E-state index in [2.05, 4.69) is 10.0 Å². The number of benzene rings is 2. The van der Waals surface area contributed by atoms with Crippen LogP contribution in [0.5, 0.6) is 5.75 Å². The quantitative estimate of drug-likeness (QED) is 0.859. The molecule has 1 heterocycles. The van der Waals surface area contributed by atoms with Gasteiger partial charge in [-0.2, -0.15) is 0 Å². The number of carbonyl (C=O) groups is 1. The van der Waals surface area contributed by atoms with Crippen LogP contribution in [-0.4, -0.2) is 20.9 Å². The van der Waals surface area contributed by atoms with Gasteiger partial charge < -0.3 is 10.1 Å². The zero-order chi connectivity index (χ0) is 18.9. The molecule has 2 aromatic carbocycles. The van der Waals surface area contributed by atoms with Crippen molar-refractivity contribution in [1.82, 2.24) is 0 Å².